The third-order valence-electron chi connectivity index (χ3n) is 2.92. The van der Waals surface area contributed by atoms with Gasteiger partial charge in [-0.05, 0) is 54.4 Å². The van der Waals surface area contributed by atoms with Gasteiger partial charge in [0.05, 0.1) is 21.5 Å². The minimum Gasteiger partial charge on any atom is -0.324 e. The van der Waals surface area contributed by atoms with E-state index in [9.17, 15) is 0 Å². The lowest BCUT2D eigenvalue weighted by molar-refractivity contribution is 0.808. The van der Waals surface area contributed by atoms with Crippen molar-refractivity contribution in [3.8, 4) is 5.69 Å². The molecule has 0 amide bonds. The molecule has 2 rings (SSSR count). The summed E-state index contributed by atoms with van der Waals surface area (Å²) in [5.41, 5.74) is 9.74. The molecule has 5 heteroatoms. The summed E-state index contributed by atoms with van der Waals surface area (Å²) in [6.07, 6.45) is 0. The van der Waals surface area contributed by atoms with E-state index in [0.29, 0.717) is 5.02 Å². The number of hydrogen-bond acceptors (Lipinski definition) is 2. The highest BCUT2D eigenvalue weighted by molar-refractivity contribution is 9.10. The molecule has 0 spiro atoms. The van der Waals surface area contributed by atoms with Crippen molar-refractivity contribution in [3.63, 3.8) is 0 Å². The predicted octanol–water partition coefficient (Wildman–Crippen LogP) is 3.92. The molecule has 2 aromatic rings. The van der Waals surface area contributed by atoms with Crippen LogP contribution in [0.25, 0.3) is 5.69 Å². The van der Waals surface area contributed by atoms with Gasteiger partial charge in [0.25, 0.3) is 0 Å². The van der Waals surface area contributed by atoms with E-state index in [1.165, 1.54) is 0 Å². The SMILES string of the molecule is Cc1nn(-c2ccc(C(C)N)c(Cl)c2)c(C)c1Br. The Bertz CT molecular complexity index is 590. The average molecular weight is 329 g/mol. The van der Waals surface area contributed by atoms with Gasteiger partial charge in [0.15, 0.2) is 0 Å². The lowest BCUT2D eigenvalue weighted by Gasteiger charge is -2.11. The van der Waals surface area contributed by atoms with Crippen molar-refractivity contribution < 1.29 is 0 Å². The zero-order chi connectivity index (χ0) is 13.4. The zero-order valence-electron chi connectivity index (χ0n) is 10.5. The highest BCUT2D eigenvalue weighted by Crippen LogP contribution is 2.27. The number of rotatable bonds is 2. The second-order valence-corrected chi connectivity index (χ2v) is 5.59. The number of benzene rings is 1. The first kappa shape index (κ1) is 13.6. The summed E-state index contributed by atoms with van der Waals surface area (Å²) >= 11 is 9.76. The van der Waals surface area contributed by atoms with Crippen molar-refractivity contribution in [1.29, 1.82) is 0 Å². The Hall–Kier alpha value is -0.840. The summed E-state index contributed by atoms with van der Waals surface area (Å²) < 4.78 is 2.89. The second kappa shape index (κ2) is 5.03. The Labute approximate surface area is 120 Å². The van der Waals surface area contributed by atoms with E-state index in [2.05, 4.69) is 21.0 Å². The van der Waals surface area contributed by atoms with E-state index < -0.39 is 0 Å². The van der Waals surface area contributed by atoms with Gasteiger partial charge in [-0.15, -0.1) is 0 Å². The molecule has 1 unspecified atom stereocenters. The monoisotopic (exact) mass is 327 g/mol. The van der Waals surface area contributed by atoms with E-state index in [1.807, 2.05) is 43.7 Å². The van der Waals surface area contributed by atoms with Crippen molar-refractivity contribution in [1.82, 2.24) is 9.78 Å². The lowest BCUT2D eigenvalue weighted by Crippen LogP contribution is -2.07. The fraction of sp³-hybridized carbons (Fsp3) is 0.308. The average Bonchev–Trinajstić information content (AvgIpc) is 2.56. The van der Waals surface area contributed by atoms with Crippen LogP contribution in [0.5, 0.6) is 0 Å². The summed E-state index contributed by atoms with van der Waals surface area (Å²) in [6, 6.07) is 5.76. The highest BCUT2D eigenvalue weighted by Gasteiger charge is 2.12. The van der Waals surface area contributed by atoms with Gasteiger partial charge >= 0.3 is 0 Å². The minimum absolute atomic E-state index is 0.0706. The first-order valence-electron chi connectivity index (χ1n) is 5.69. The number of nitrogens with zero attached hydrogens (tertiary/aromatic N) is 2. The van der Waals surface area contributed by atoms with Crippen LogP contribution >= 0.6 is 27.5 Å². The van der Waals surface area contributed by atoms with Crippen LogP contribution in [0.3, 0.4) is 0 Å². The molecule has 1 aromatic heterocycles. The molecule has 0 aliphatic rings. The van der Waals surface area contributed by atoms with Gasteiger partial charge in [-0.3, -0.25) is 0 Å². The smallest absolute Gasteiger partial charge is 0.0743 e. The molecule has 0 saturated carbocycles. The largest absolute Gasteiger partial charge is 0.324 e. The summed E-state index contributed by atoms with van der Waals surface area (Å²) in [4.78, 5) is 0. The van der Waals surface area contributed by atoms with Crippen LogP contribution < -0.4 is 5.73 Å². The second-order valence-electron chi connectivity index (χ2n) is 4.39. The standard InChI is InChI=1S/C13H15BrClN3/c1-7(16)11-5-4-10(6-12(11)15)18-9(3)13(14)8(2)17-18/h4-7H,16H2,1-3H3. The summed E-state index contributed by atoms with van der Waals surface area (Å²) in [7, 11) is 0. The molecule has 0 aliphatic heterocycles. The third-order valence-corrected chi connectivity index (χ3v) is 4.40. The number of aryl methyl sites for hydroxylation is 1. The molecule has 0 radical (unpaired) electrons. The molecular weight excluding hydrogens is 314 g/mol. The first-order chi connectivity index (χ1) is 8.41. The quantitative estimate of drug-likeness (QED) is 0.908. The van der Waals surface area contributed by atoms with E-state index in [4.69, 9.17) is 17.3 Å². The van der Waals surface area contributed by atoms with Crippen LogP contribution in [0.4, 0.5) is 0 Å². The van der Waals surface area contributed by atoms with Gasteiger partial charge in [-0.25, -0.2) is 4.68 Å². The van der Waals surface area contributed by atoms with Gasteiger partial charge < -0.3 is 5.73 Å². The molecule has 1 aromatic carbocycles. The van der Waals surface area contributed by atoms with E-state index in [0.717, 1.165) is 27.1 Å². The van der Waals surface area contributed by atoms with Crippen molar-refractivity contribution in [2.24, 2.45) is 5.73 Å². The minimum atomic E-state index is -0.0706. The van der Waals surface area contributed by atoms with E-state index in [1.54, 1.807) is 0 Å². The van der Waals surface area contributed by atoms with Crippen molar-refractivity contribution in [2.75, 3.05) is 0 Å². The normalized spacial score (nSPS) is 12.8. The van der Waals surface area contributed by atoms with E-state index >= 15 is 0 Å². The van der Waals surface area contributed by atoms with Crippen molar-refractivity contribution >= 4 is 27.5 Å². The maximum atomic E-state index is 6.24. The van der Waals surface area contributed by atoms with Crippen LogP contribution in [0.1, 0.15) is 29.9 Å². The summed E-state index contributed by atoms with van der Waals surface area (Å²) in [5, 5.41) is 5.15. The Morgan fingerprint density at radius 3 is 2.50 bits per heavy atom. The fourth-order valence-electron chi connectivity index (χ4n) is 1.89. The van der Waals surface area contributed by atoms with Gasteiger partial charge in [0, 0.05) is 11.1 Å². The highest BCUT2D eigenvalue weighted by atomic mass is 79.9. The molecule has 96 valence electrons. The van der Waals surface area contributed by atoms with Crippen LogP contribution in [0, 0.1) is 13.8 Å². The number of halogens is 2. The molecule has 18 heavy (non-hydrogen) atoms. The molecule has 0 bridgehead atoms. The Kier molecular flexibility index (Phi) is 3.80. The maximum absolute atomic E-state index is 6.24. The summed E-state index contributed by atoms with van der Waals surface area (Å²) in [6.45, 7) is 5.89. The topological polar surface area (TPSA) is 43.8 Å². The lowest BCUT2D eigenvalue weighted by atomic mass is 10.1. The van der Waals surface area contributed by atoms with Gasteiger partial charge in [-0.1, -0.05) is 17.7 Å². The van der Waals surface area contributed by atoms with Gasteiger partial charge in [0.1, 0.15) is 0 Å². The molecule has 1 heterocycles. The molecule has 0 fully saturated rings. The van der Waals surface area contributed by atoms with Crippen molar-refractivity contribution in [2.45, 2.75) is 26.8 Å². The molecule has 2 N–H and O–H groups in total. The Balaban J connectivity index is 2.52. The predicted molar refractivity (Wildman–Crippen MR) is 78.4 cm³/mol. The maximum Gasteiger partial charge on any atom is 0.0743 e. The third kappa shape index (κ3) is 2.32. The van der Waals surface area contributed by atoms with Gasteiger partial charge in [0.2, 0.25) is 0 Å². The Morgan fingerprint density at radius 2 is 2.06 bits per heavy atom. The number of aromatic nitrogens is 2. The Morgan fingerprint density at radius 1 is 1.39 bits per heavy atom. The first-order valence-corrected chi connectivity index (χ1v) is 6.86. The molecule has 0 aliphatic carbocycles. The molecule has 1 atom stereocenters. The number of hydrogen-bond donors (Lipinski definition) is 1. The van der Waals surface area contributed by atoms with Crippen molar-refractivity contribution in [3.05, 3.63) is 44.6 Å². The molecular formula is C13H15BrClN3. The van der Waals surface area contributed by atoms with Crippen LogP contribution in [-0.2, 0) is 0 Å². The van der Waals surface area contributed by atoms with Crippen LogP contribution in [-0.4, -0.2) is 9.78 Å². The van der Waals surface area contributed by atoms with Crippen LogP contribution in [0.2, 0.25) is 5.02 Å². The number of nitrogens with two attached hydrogens (primary N) is 1. The zero-order valence-corrected chi connectivity index (χ0v) is 12.9. The molecule has 0 saturated heterocycles. The van der Waals surface area contributed by atoms with Gasteiger partial charge in [-0.2, -0.15) is 5.10 Å². The van der Waals surface area contributed by atoms with E-state index in [-0.39, 0.29) is 6.04 Å². The summed E-state index contributed by atoms with van der Waals surface area (Å²) in [5.74, 6) is 0. The molecule has 3 nitrogen and oxygen atoms in total. The van der Waals surface area contributed by atoms with Crippen LogP contribution in [0.15, 0.2) is 22.7 Å². The fourth-order valence-corrected chi connectivity index (χ4v) is 2.49.